The van der Waals surface area contributed by atoms with Crippen LogP contribution >= 0.6 is 11.6 Å². The molecule has 0 unspecified atom stereocenters. The number of nitrogens with zero attached hydrogens (tertiary/aromatic N) is 2. The molecule has 0 aliphatic carbocycles. The molecule has 3 N–H and O–H groups in total. The van der Waals surface area contributed by atoms with Crippen LogP contribution in [0.3, 0.4) is 0 Å². The number of hydrogen-bond donors (Lipinski definition) is 2. The van der Waals surface area contributed by atoms with Crippen molar-refractivity contribution < 1.29 is 21.6 Å². The molecular weight excluding hydrogens is 525 g/mol. The van der Waals surface area contributed by atoms with Gasteiger partial charge in [-0.25, -0.2) is 18.1 Å². The van der Waals surface area contributed by atoms with Gasteiger partial charge in [0.2, 0.25) is 5.96 Å². The summed E-state index contributed by atoms with van der Waals surface area (Å²) >= 11 is 5.99. The molecule has 0 aliphatic rings. The Hall–Kier alpha value is -3.89. The zero-order valence-electron chi connectivity index (χ0n) is 19.1. The van der Waals surface area contributed by atoms with Gasteiger partial charge < -0.3 is 5.73 Å². The Morgan fingerprint density at radius 2 is 1.57 bits per heavy atom. The van der Waals surface area contributed by atoms with Crippen LogP contribution in [0.1, 0.15) is 11.1 Å². The highest BCUT2D eigenvalue weighted by Crippen LogP contribution is 2.35. The first-order valence-corrected chi connectivity index (χ1v) is 12.7. The summed E-state index contributed by atoms with van der Waals surface area (Å²) < 4.78 is 66.3. The summed E-state index contributed by atoms with van der Waals surface area (Å²) in [6, 6.07) is 21.0. The van der Waals surface area contributed by atoms with Crippen LogP contribution in [0.5, 0.6) is 0 Å². The molecule has 0 bridgehead atoms. The van der Waals surface area contributed by atoms with Gasteiger partial charge in [-0.05, 0) is 53.6 Å². The summed E-state index contributed by atoms with van der Waals surface area (Å²) in [4.78, 5) is 8.64. The van der Waals surface area contributed by atoms with Crippen LogP contribution in [-0.2, 0) is 22.7 Å². The third-order valence-electron chi connectivity index (χ3n) is 5.31. The molecular formula is C26H20ClF3N4O2S. The number of nitrogens with one attached hydrogen (secondary N) is 1. The van der Waals surface area contributed by atoms with Crippen molar-refractivity contribution >= 4 is 27.6 Å². The average molecular weight is 545 g/mol. The SMILES string of the molecule is NC(=NCc1cnc(-c2ccc(Cl)cc2)c(-c2ccc(C(F)(F)F)cc2)c1)NS(=O)(=O)c1ccccc1. The number of pyridine rings is 1. The van der Waals surface area contributed by atoms with E-state index in [0.717, 1.165) is 12.1 Å². The Morgan fingerprint density at radius 3 is 2.19 bits per heavy atom. The topological polar surface area (TPSA) is 97.4 Å². The fourth-order valence-electron chi connectivity index (χ4n) is 3.50. The monoisotopic (exact) mass is 544 g/mol. The standard InChI is InChI=1S/C26H20ClF3N4O2S/c27-21-12-8-19(9-13-21)24-23(18-6-10-20(11-7-18)26(28,29)30)14-17(15-32-24)16-33-25(31)34-37(35,36)22-4-2-1-3-5-22/h1-15H,16H2,(H3,31,33,34). The zero-order chi connectivity index (χ0) is 26.6. The quantitative estimate of drug-likeness (QED) is 0.234. The van der Waals surface area contributed by atoms with E-state index in [1.165, 1.54) is 24.3 Å². The van der Waals surface area contributed by atoms with Crippen molar-refractivity contribution in [3.05, 3.63) is 107 Å². The zero-order valence-corrected chi connectivity index (χ0v) is 20.6. The van der Waals surface area contributed by atoms with E-state index >= 15 is 0 Å². The summed E-state index contributed by atoms with van der Waals surface area (Å²) in [5, 5.41) is 0.527. The number of nitrogens with two attached hydrogens (primary N) is 1. The normalized spacial score (nSPS) is 12.4. The van der Waals surface area contributed by atoms with E-state index in [-0.39, 0.29) is 17.4 Å². The Labute approximate surface area is 216 Å². The molecule has 190 valence electrons. The molecule has 0 saturated heterocycles. The van der Waals surface area contributed by atoms with E-state index in [1.54, 1.807) is 54.7 Å². The number of aromatic nitrogens is 1. The lowest BCUT2D eigenvalue weighted by Crippen LogP contribution is -2.36. The Bertz CT molecular complexity index is 1530. The minimum absolute atomic E-state index is 0.0231. The highest BCUT2D eigenvalue weighted by molar-refractivity contribution is 7.90. The minimum atomic E-state index is -4.46. The molecule has 0 fully saturated rings. The van der Waals surface area contributed by atoms with Gasteiger partial charge >= 0.3 is 6.18 Å². The van der Waals surface area contributed by atoms with Crippen LogP contribution < -0.4 is 10.5 Å². The average Bonchev–Trinajstić information content (AvgIpc) is 2.88. The van der Waals surface area contributed by atoms with Crippen LogP contribution in [0.15, 0.2) is 101 Å². The third-order valence-corrected chi connectivity index (χ3v) is 6.93. The first-order valence-electron chi connectivity index (χ1n) is 10.8. The Kier molecular flexibility index (Phi) is 7.51. The fourth-order valence-corrected chi connectivity index (χ4v) is 4.60. The van der Waals surface area contributed by atoms with Crippen molar-refractivity contribution in [2.24, 2.45) is 10.7 Å². The van der Waals surface area contributed by atoms with Crippen molar-refractivity contribution in [1.82, 2.24) is 9.71 Å². The van der Waals surface area contributed by atoms with E-state index in [0.29, 0.717) is 33.0 Å². The smallest absolute Gasteiger partial charge is 0.369 e. The minimum Gasteiger partial charge on any atom is -0.369 e. The van der Waals surface area contributed by atoms with Crippen LogP contribution in [0, 0.1) is 0 Å². The largest absolute Gasteiger partial charge is 0.416 e. The first kappa shape index (κ1) is 26.2. The van der Waals surface area contributed by atoms with Crippen molar-refractivity contribution in [3.63, 3.8) is 0 Å². The molecule has 6 nitrogen and oxygen atoms in total. The molecule has 1 aromatic heterocycles. The second-order valence-corrected chi connectivity index (χ2v) is 10.1. The van der Waals surface area contributed by atoms with E-state index in [2.05, 4.69) is 14.7 Å². The molecule has 0 aliphatic heterocycles. The predicted octanol–water partition coefficient (Wildman–Crippen LogP) is 5.88. The number of benzene rings is 3. The maximum atomic E-state index is 13.1. The highest BCUT2D eigenvalue weighted by atomic mass is 35.5. The fraction of sp³-hybridized carbons (Fsp3) is 0.0769. The molecule has 1 heterocycles. The molecule has 3 aromatic carbocycles. The van der Waals surface area contributed by atoms with Gasteiger partial charge in [-0.1, -0.05) is 54.1 Å². The molecule has 0 atom stereocenters. The van der Waals surface area contributed by atoms with E-state index in [4.69, 9.17) is 17.3 Å². The Morgan fingerprint density at radius 1 is 0.946 bits per heavy atom. The number of aliphatic imine (C=N–C) groups is 1. The summed E-state index contributed by atoms with van der Waals surface area (Å²) in [5.41, 5.74) is 7.92. The third kappa shape index (κ3) is 6.46. The van der Waals surface area contributed by atoms with Gasteiger partial charge in [-0.3, -0.25) is 4.98 Å². The highest BCUT2D eigenvalue weighted by Gasteiger charge is 2.30. The molecule has 4 rings (SSSR count). The summed E-state index contributed by atoms with van der Waals surface area (Å²) in [6.07, 6.45) is -2.92. The molecule has 4 aromatic rings. The molecule has 0 radical (unpaired) electrons. The van der Waals surface area contributed by atoms with Gasteiger partial charge in [0.05, 0.1) is 22.7 Å². The van der Waals surface area contributed by atoms with Crippen LogP contribution in [-0.4, -0.2) is 19.4 Å². The summed E-state index contributed by atoms with van der Waals surface area (Å²) in [5.74, 6) is -0.318. The van der Waals surface area contributed by atoms with E-state index in [9.17, 15) is 21.6 Å². The van der Waals surface area contributed by atoms with Crippen LogP contribution in [0.2, 0.25) is 5.02 Å². The van der Waals surface area contributed by atoms with Crippen molar-refractivity contribution in [1.29, 1.82) is 0 Å². The van der Waals surface area contributed by atoms with Gasteiger partial charge in [-0.2, -0.15) is 13.2 Å². The Balaban J connectivity index is 1.65. The number of rotatable bonds is 6. The van der Waals surface area contributed by atoms with Gasteiger partial charge in [0.15, 0.2) is 0 Å². The van der Waals surface area contributed by atoms with Crippen LogP contribution in [0.4, 0.5) is 13.2 Å². The van der Waals surface area contributed by atoms with Crippen LogP contribution in [0.25, 0.3) is 22.4 Å². The predicted molar refractivity (Wildman–Crippen MR) is 137 cm³/mol. The maximum Gasteiger partial charge on any atom is 0.416 e. The van der Waals surface area contributed by atoms with Gasteiger partial charge in [0.25, 0.3) is 10.0 Å². The van der Waals surface area contributed by atoms with Crippen molar-refractivity contribution in [3.8, 4) is 22.4 Å². The lowest BCUT2D eigenvalue weighted by Gasteiger charge is -2.13. The number of halogens is 4. The molecule has 0 spiro atoms. The van der Waals surface area contributed by atoms with Gasteiger partial charge in [-0.15, -0.1) is 0 Å². The maximum absolute atomic E-state index is 13.1. The van der Waals surface area contributed by atoms with E-state index in [1.807, 2.05) is 0 Å². The molecule has 0 saturated carbocycles. The van der Waals surface area contributed by atoms with E-state index < -0.39 is 21.8 Å². The number of guanidine groups is 1. The lowest BCUT2D eigenvalue weighted by molar-refractivity contribution is -0.137. The first-order chi connectivity index (χ1) is 17.5. The number of sulfonamides is 1. The van der Waals surface area contributed by atoms with Gasteiger partial charge in [0.1, 0.15) is 0 Å². The van der Waals surface area contributed by atoms with Crippen molar-refractivity contribution in [2.75, 3.05) is 0 Å². The second-order valence-electron chi connectivity index (χ2n) is 7.94. The van der Waals surface area contributed by atoms with Crippen molar-refractivity contribution in [2.45, 2.75) is 17.6 Å². The molecule has 37 heavy (non-hydrogen) atoms. The molecule has 0 amide bonds. The summed E-state index contributed by atoms with van der Waals surface area (Å²) in [6.45, 7) is -0.0231. The second kappa shape index (κ2) is 10.6. The molecule has 11 heteroatoms. The number of hydrogen-bond acceptors (Lipinski definition) is 4. The van der Waals surface area contributed by atoms with Gasteiger partial charge in [0, 0.05) is 22.3 Å². The summed E-state index contributed by atoms with van der Waals surface area (Å²) in [7, 11) is -3.90. The number of alkyl halides is 3. The lowest BCUT2D eigenvalue weighted by atomic mass is 9.97.